The van der Waals surface area contributed by atoms with Crippen LogP contribution in [0.15, 0.2) is 0 Å². The Morgan fingerprint density at radius 1 is 1.62 bits per heavy atom. The third kappa shape index (κ3) is 7.35. The summed E-state index contributed by atoms with van der Waals surface area (Å²) in [4.78, 5) is 11.1. The number of aliphatic hydroxyl groups excluding tert-OH is 1. The minimum Gasteiger partial charge on any atom is -0.396 e. The zero-order valence-corrected chi connectivity index (χ0v) is 8.05. The van der Waals surface area contributed by atoms with Crippen molar-refractivity contribution in [2.24, 2.45) is 0 Å². The Kier molecular flexibility index (Phi) is 7.04. The van der Waals surface area contributed by atoms with E-state index in [2.05, 4.69) is 11.2 Å². The van der Waals surface area contributed by atoms with Crippen molar-refractivity contribution in [3.8, 4) is 12.3 Å². The number of unbranched alkanes of at least 4 members (excludes halogenated alkanes) is 1. The van der Waals surface area contributed by atoms with Crippen LogP contribution in [0.5, 0.6) is 0 Å². The number of amides is 1. The summed E-state index contributed by atoms with van der Waals surface area (Å²) >= 11 is 0. The molecule has 74 valence electrons. The van der Waals surface area contributed by atoms with Crippen LogP contribution in [0.1, 0.15) is 32.6 Å². The molecular weight excluding hydrogens is 166 g/mol. The van der Waals surface area contributed by atoms with E-state index >= 15 is 0 Å². The van der Waals surface area contributed by atoms with Crippen LogP contribution in [0.25, 0.3) is 0 Å². The van der Waals surface area contributed by atoms with Crippen LogP contribution in [0, 0.1) is 12.3 Å². The first kappa shape index (κ1) is 12.0. The van der Waals surface area contributed by atoms with Gasteiger partial charge in [0.05, 0.1) is 0 Å². The Bertz CT molecular complexity index is 184. The second-order valence-corrected chi connectivity index (χ2v) is 3.06. The maximum Gasteiger partial charge on any atom is 0.220 e. The average molecular weight is 183 g/mol. The van der Waals surface area contributed by atoms with Gasteiger partial charge in [0.15, 0.2) is 0 Å². The summed E-state index contributed by atoms with van der Waals surface area (Å²) in [6.07, 6.45) is 7.53. The lowest BCUT2D eigenvalue weighted by Crippen LogP contribution is -2.31. The number of hydrogen-bond donors (Lipinski definition) is 2. The first-order valence-electron chi connectivity index (χ1n) is 4.54. The van der Waals surface area contributed by atoms with E-state index < -0.39 is 0 Å². The van der Waals surface area contributed by atoms with Crippen LogP contribution in [0.3, 0.4) is 0 Å². The molecule has 0 aromatic rings. The average Bonchev–Trinajstić information content (AvgIpc) is 2.05. The normalized spacial score (nSPS) is 11.8. The molecule has 3 nitrogen and oxygen atoms in total. The summed E-state index contributed by atoms with van der Waals surface area (Å²) in [5.41, 5.74) is 0. The Labute approximate surface area is 79.5 Å². The first-order valence-corrected chi connectivity index (χ1v) is 4.54. The number of nitrogens with one attached hydrogen (secondary N) is 1. The summed E-state index contributed by atoms with van der Waals surface area (Å²) in [7, 11) is 0. The van der Waals surface area contributed by atoms with Crippen LogP contribution in [-0.4, -0.2) is 23.7 Å². The summed E-state index contributed by atoms with van der Waals surface area (Å²) in [5, 5.41) is 11.3. The van der Waals surface area contributed by atoms with Gasteiger partial charge >= 0.3 is 0 Å². The smallest absolute Gasteiger partial charge is 0.220 e. The molecule has 3 heteroatoms. The molecule has 0 aromatic heterocycles. The summed E-state index contributed by atoms with van der Waals surface area (Å²) < 4.78 is 0. The molecule has 0 saturated heterocycles. The van der Waals surface area contributed by atoms with Crippen molar-refractivity contribution < 1.29 is 9.90 Å². The number of carbonyl (C=O) groups is 1. The van der Waals surface area contributed by atoms with E-state index in [0.29, 0.717) is 19.3 Å². The molecule has 0 bridgehead atoms. The largest absolute Gasteiger partial charge is 0.396 e. The predicted molar refractivity (Wildman–Crippen MR) is 52.0 cm³/mol. The highest BCUT2D eigenvalue weighted by atomic mass is 16.2. The standard InChI is InChI=1S/C10H17NO2/c1-3-6-9(2)11-10(13)7-4-5-8-12/h1,9,12H,4-8H2,2H3,(H,11,13). The Hall–Kier alpha value is -1.01. The van der Waals surface area contributed by atoms with E-state index in [0.717, 1.165) is 6.42 Å². The molecule has 0 aliphatic rings. The van der Waals surface area contributed by atoms with Gasteiger partial charge in [-0.1, -0.05) is 0 Å². The third-order valence-corrected chi connectivity index (χ3v) is 1.64. The van der Waals surface area contributed by atoms with E-state index in [-0.39, 0.29) is 18.6 Å². The highest BCUT2D eigenvalue weighted by molar-refractivity contribution is 5.76. The van der Waals surface area contributed by atoms with Crippen molar-refractivity contribution in [2.45, 2.75) is 38.6 Å². The topological polar surface area (TPSA) is 49.3 Å². The maximum atomic E-state index is 11.1. The van der Waals surface area contributed by atoms with Gasteiger partial charge < -0.3 is 10.4 Å². The monoisotopic (exact) mass is 183 g/mol. The molecule has 13 heavy (non-hydrogen) atoms. The summed E-state index contributed by atoms with van der Waals surface area (Å²) in [6, 6.07) is 0.0478. The van der Waals surface area contributed by atoms with Crippen molar-refractivity contribution >= 4 is 5.91 Å². The van der Waals surface area contributed by atoms with Crippen LogP contribution in [0.4, 0.5) is 0 Å². The molecule has 0 radical (unpaired) electrons. The lowest BCUT2D eigenvalue weighted by atomic mass is 10.2. The molecule has 1 unspecified atom stereocenters. The Morgan fingerprint density at radius 3 is 2.85 bits per heavy atom. The third-order valence-electron chi connectivity index (χ3n) is 1.64. The van der Waals surface area contributed by atoms with Crippen molar-refractivity contribution in [2.75, 3.05) is 6.61 Å². The minimum absolute atomic E-state index is 0.0104. The maximum absolute atomic E-state index is 11.1. The van der Waals surface area contributed by atoms with Crippen molar-refractivity contribution in [3.63, 3.8) is 0 Å². The Balaban J connectivity index is 3.45. The number of rotatable bonds is 6. The molecule has 0 fully saturated rings. The zero-order chi connectivity index (χ0) is 10.1. The Morgan fingerprint density at radius 2 is 2.31 bits per heavy atom. The van der Waals surface area contributed by atoms with Crippen LogP contribution in [0.2, 0.25) is 0 Å². The second kappa shape index (κ2) is 7.63. The zero-order valence-electron chi connectivity index (χ0n) is 8.05. The fourth-order valence-electron chi connectivity index (χ4n) is 0.972. The highest BCUT2D eigenvalue weighted by Crippen LogP contribution is 1.96. The van der Waals surface area contributed by atoms with E-state index in [4.69, 9.17) is 11.5 Å². The van der Waals surface area contributed by atoms with Gasteiger partial charge in [-0.3, -0.25) is 4.79 Å². The molecule has 0 heterocycles. The van der Waals surface area contributed by atoms with Crippen molar-refractivity contribution in [3.05, 3.63) is 0 Å². The number of carbonyl (C=O) groups excluding carboxylic acids is 1. The fourth-order valence-corrected chi connectivity index (χ4v) is 0.972. The lowest BCUT2D eigenvalue weighted by Gasteiger charge is -2.10. The SMILES string of the molecule is C#CCC(C)NC(=O)CCCCO. The summed E-state index contributed by atoms with van der Waals surface area (Å²) in [6.45, 7) is 2.02. The number of hydrogen-bond acceptors (Lipinski definition) is 2. The molecule has 1 amide bonds. The van der Waals surface area contributed by atoms with Crippen LogP contribution < -0.4 is 5.32 Å². The molecule has 2 N–H and O–H groups in total. The van der Waals surface area contributed by atoms with Gasteiger partial charge in [-0.15, -0.1) is 12.3 Å². The quantitative estimate of drug-likeness (QED) is 0.470. The summed E-state index contributed by atoms with van der Waals surface area (Å²) in [5.74, 6) is 2.50. The minimum atomic E-state index is 0.0104. The molecule has 0 spiro atoms. The molecule has 0 aliphatic carbocycles. The number of aliphatic hydroxyl groups is 1. The highest BCUT2D eigenvalue weighted by Gasteiger charge is 2.04. The van der Waals surface area contributed by atoms with Gasteiger partial charge in [-0.2, -0.15) is 0 Å². The van der Waals surface area contributed by atoms with Gasteiger partial charge in [-0.25, -0.2) is 0 Å². The lowest BCUT2D eigenvalue weighted by molar-refractivity contribution is -0.121. The van der Waals surface area contributed by atoms with Crippen molar-refractivity contribution in [1.82, 2.24) is 5.32 Å². The first-order chi connectivity index (χ1) is 6.20. The molecule has 0 rings (SSSR count). The van der Waals surface area contributed by atoms with Gasteiger partial charge in [-0.05, 0) is 19.8 Å². The van der Waals surface area contributed by atoms with E-state index in [1.807, 2.05) is 6.92 Å². The van der Waals surface area contributed by atoms with Crippen LogP contribution >= 0.6 is 0 Å². The second-order valence-electron chi connectivity index (χ2n) is 3.06. The van der Waals surface area contributed by atoms with E-state index in [1.165, 1.54) is 0 Å². The van der Waals surface area contributed by atoms with Gasteiger partial charge in [0.2, 0.25) is 5.91 Å². The molecule has 0 aliphatic heterocycles. The van der Waals surface area contributed by atoms with Crippen molar-refractivity contribution in [1.29, 1.82) is 0 Å². The van der Waals surface area contributed by atoms with Gasteiger partial charge in [0.1, 0.15) is 0 Å². The van der Waals surface area contributed by atoms with Gasteiger partial charge in [0, 0.05) is 25.5 Å². The van der Waals surface area contributed by atoms with Crippen LogP contribution in [-0.2, 0) is 4.79 Å². The van der Waals surface area contributed by atoms with E-state index in [9.17, 15) is 4.79 Å². The number of terminal acetylenes is 1. The molecule has 0 aromatic carbocycles. The fraction of sp³-hybridized carbons (Fsp3) is 0.700. The van der Waals surface area contributed by atoms with Gasteiger partial charge in [0.25, 0.3) is 0 Å². The molecule has 0 saturated carbocycles. The molecular formula is C10H17NO2. The predicted octanol–water partition coefficient (Wildman–Crippen LogP) is 0.677. The molecule has 1 atom stereocenters. The van der Waals surface area contributed by atoms with E-state index in [1.54, 1.807) is 0 Å².